The molecule has 0 N–H and O–H groups in total. The maximum atomic E-state index is 6.23. The zero-order chi connectivity index (χ0) is 13.7. The lowest BCUT2D eigenvalue weighted by Gasteiger charge is -2.27. The summed E-state index contributed by atoms with van der Waals surface area (Å²) in [5, 5.41) is 0.519. The van der Waals surface area contributed by atoms with Crippen LogP contribution in [0.5, 0.6) is 0 Å². The molecule has 4 heteroatoms. The van der Waals surface area contributed by atoms with E-state index in [9.17, 15) is 0 Å². The van der Waals surface area contributed by atoms with Gasteiger partial charge < -0.3 is 4.90 Å². The van der Waals surface area contributed by atoms with Crippen molar-refractivity contribution in [3.8, 4) is 0 Å². The van der Waals surface area contributed by atoms with Crippen molar-refractivity contribution in [3.63, 3.8) is 0 Å². The first-order valence-corrected chi connectivity index (χ1v) is 7.16. The van der Waals surface area contributed by atoms with Crippen LogP contribution < -0.4 is 4.90 Å². The fourth-order valence-corrected chi connectivity index (χ4v) is 2.28. The van der Waals surface area contributed by atoms with Crippen LogP contribution in [0, 0.1) is 19.8 Å². The Bertz CT molecular complexity index is 389. The molecule has 18 heavy (non-hydrogen) atoms. The minimum absolute atomic E-state index is 0.519. The van der Waals surface area contributed by atoms with Crippen LogP contribution in [0.15, 0.2) is 0 Å². The van der Waals surface area contributed by atoms with E-state index in [-0.39, 0.29) is 0 Å². The van der Waals surface area contributed by atoms with E-state index in [0.717, 1.165) is 30.3 Å². The van der Waals surface area contributed by atoms with E-state index in [0.29, 0.717) is 11.1 Å². The summed E-state index contributed by atoms with van der Waals surface area (Å²) in [6, 6.07) is 0. The van der Waals surface area contributed by atoms with Gasteiger partial charge in [0.2, 0.25) is 0 Å². The number of aromatic nitrogens is 2. The molecule has 0 aliphatic rings. The first kappa shape index (κ1) is 15.2. The van der Waals surface area contributed by atoms with E-state index in [4.69, 9.17) is 11.6 Å². The molecule has 3 nitrogen and oxygen atoms in total. The Hall–Kier alpha value is -0.830. The smallest absolute Gasteiger partial charge is 0.171 e. The molecule has 0 unspecified atom stereocenters. The lowest BCUT2D eigenvalue weighted by Crippen LogP contribution is -2.30. The highest BCUT2D eigenvalue weighted by Gasteiger charge is 2.16. The van der Waals surface area contributed by atoms with Gasteiger partial charge >= 0.3 is 0 Å². The van der Waals surface area contributed by atoms with Crippen molar-refractivity contribution < 1.29 is 0 Å². The largest absolute Gasteiger partial charge is 0.354 e. The van der Waals surface area contributed by atoms with Crippen molar-refractivity contribution in [2.24, 2.45) is 5.92 Å². The van der Waals surface area contributed by atoms with E-state index in [1.165, 1.54) is 12.8 Å². The SMILES string of the molecule is CCC(CC)CN(CC)c1nc(C)c(C)nc1Cl. The number of nitrogens with zero attached hydrogens (tertiary/aromatic N) is 3. The Morgan fingerprint density at radius 2 is 1.61 bits per heavy atom. The van der Waals surface area contributed by atoms with Gasteiger partial charge in [-0.25, -0.2) is 9.97 Å². The van der Waals surface area contributed by atoms with Crippen molar-refractivity contribution >= 4 is 17.4 Å². The molecule has 0 radical (unpaired) electrons. The molecule has 0 bridgehead atoms. The highest BCUT2D eigenvalue weighted by Crippen LogP contribution is 2.24. The third-order valence-corrected chi connectivity index (χ3v) is 3.82. The summed E-state index contributed by atoms with van der Waals surface area (Å²) in [5.74, 6) is 1.51. The fourth-order valence-electron chi connectivity index (χ4n) is 1.99. The summed E-state index contributed by atoms with van der Waals surface area (Å²) >= 11 is 6.23. The van der Waals surface area contributed by atoms with Crippen LogP contribution in [0.3, 0.4) is 0 Å². The van der Waals surface area contributed by atoms with Crippen LogP contribution in [0.1, 0.15) is 45.0 Å². The Kier molecular flexibility index (Phi) is 5.86. The maximum absolute atomic E-state index is 6.23. The van der Waals surface area contributed by atoms with Crippen LogP contribution >= 0.6 is 11.6 Å². The Morgan fingerprint density at radius 3 is 2.11 bits per heavy atom. The van der Waals surface area contributed by atoms with Crippen molar-refractivity contribution in [3.05, 3.63) is 16.5 Å². The summed E-state index contributed by atoms with van der Waals surface area (Å²) < 4.78 is 0. The molecule has 0 aliphatic heterocycles. The Morgan fingerprint density at radius 1 is 1.06 bits per heavy atom. The minimum Gasteiger partial charge on any atom is -0.354 e. The molecule has 1 aromatic rings. The Balaban J connectivity index is 2.98. The van der Waals surface area contributed by atoms with Gasteiger partial charge in [0.15, 0.2) is 11.0 Å². The molecule has 0 fully saturated rings. The first-order valence-electron chi connectivity index (χ1n) is 6.79. The van der Waals surface area contributed by atoms with Crippen LogP contribution in [-0.4, -0.2) is 23.1 Å². The molecule has 0 spiro atoms. The second-order valence-electron chi connectivity index (χ2n) is 4.73. The van der Waals surface area contributed by atoms with E-state index < -0.39 is 0 Å². The second kappa shape index (κ2) is 6.93. The molecule has 0 saturated heterocycles. The highest BCUT2D eigenvalue weighted by molar-refractivity contribution is 6.31. The van der Waals surface area contributed by atoms with Gasteiger partial charge in [-0.05, 0) is 26.7 Å². The molecule has 0 amide bonds. The maximum Gasteiger partial charge on any atom is 0.171 e. The summed E-state index contributed by atoms with van der Waals surface area (Å²) in [4.78, 5) is 11.2. The molecule has 0 saturated carbocycles. The predicted octanol–water partition coefficient (Wildman–Crippen LogP) is 4.01. The molecule has 102 valence electrons. The molecule has 1 rings (SSSR count). The van der Waals surface area contributed by atoms with Gasteiger partial charge in [0, 0.05) is 13.1 Å². The topological polar surface area (TPSA) is 29.0 Å². The van der Waals surface area contributed by atoms with E-state index in [1.54, 1.807) is 0 Å². The quantitative estimate of drug-likeness (QED) is 0.781. The summed E-state index contributed by atoms with van der Waals surface area (Å²) in [7, 11) is 0. The normalized spacial score (nSPS) is 11.1. The summed E-state index contributed by atoms with van der Waals surface area (Å²) in [5.41, 5.74) is 1.86. The van der Waals surface area contributed by atoms with Crippen molar-refractivity contribution in [1.82, 2.24) is 9.97 Å². The second-order valence-corrected chi connectivity index (χ2v) is 5.09. The number of hydrogen-bond acceptors (Lipinski definition) is 3. The molecule has 0 aliphatic carbocycles. The first-order chi connectivity index (χ1) is 8.53. The third-order valence-electron chi connectivity index (χ3n) is 3.56. The third kappa shape index (κ3) is 3.58. The van der Waals surface area contributed by atoms with Gasteiger partial charge in [-0.2, -0.15) is 0 Å². The Labute approximate surface area is 116 Å². The van der Waals surface area contributed by atoms with Gasteiger partial charge in [-0.3, -0.25) is 0 Å². The highest BCUT2D eigenvalue weighted by atomic mass is 35.5. The summed E-state index contributed by atoms with van der Waals surface area (Å²) in [6.45, 7) is 12.4. The number of anilines is 1. The minimum atomic E-state index is 0.519. The van der Waals surface area contributed by atoms with Gasteiger partial charge in [0.1, 0.15) is 0 Å². The number of aryl methyl sites for hydroxylation is 2. The van der Waals surface area contributed by atoms with Crippen LogP contribution in [-0.2, 0) is 0 Å². The molecular weight excluding hydrogens is 246 g/mol. The van der Waals surface area contributed by atoms with Gasteiger partial charge in [0.25, 0.3) is 0 Å². The average Bonchev–Trinajstić information content (AvgIpc) is 2.36. The molecule has 1 heterocycles. The number of rotatable bonds is 6. The molecule has 1 aromatic heterocycles. The number of halogens is 1. The zero-order valence-electron chi connectivity index (χ0n) is 12.1. The summed E-state index contributed by atoms with van der Waals surface area (Å²) in [6.07, 6.45) is 2.37. The number of hydrogen-bond donors (Lipinski definition) is 0. The average molecular weight is 270 g/mol. The van der Waals surface area contributed by atoms with Gasteiger partial charge in [-0.1, -0.05) is 38.3 Å². The molecule has 0 aromatic carbocycles. The lowest BCUT2D eigenvalue weighted by atomic mass is 10.0. The van der Waals surface area contributed by atoms with Crippen molar-refractivity contribution in [2.45, 2.75) is 47.5 Å². The van der Waals surface area contributed by atoms with Crippen molar-refractivity contribution in [2.75, 3.05) is 18.0 Å². The van der Waals surface area contributed by atoms with E-state index in [1.807, 2.05) is 13.8 Å². The van der Waals surface area contributed by atoms with E-state index in [2.05, 4.69) is 35.6 Å². The standard InChI is InChI=1S/C14H24ClN3/c1-6-12(7-2)9-18(8-3)14-13(15)16-10(4)11(5)17-14/h12H,6-9H2,1-5H3. The van der Waals surface area contributed by atoms with Gasteiger partial charge in [0.05, 0.1) is 11.4 Å². The van der Waals surface area contributed by atoms with E-state index >= 15 is 0 Å². The fraction of sp³-hybridized carbons (Fsp3) is 0.714. The monoisotopic (exact) mass is 269 g/mol. The van der Waals surface area contributed by atoms with Crippen LogP contribution in [0.25, 0.3) is 0 Å². The predicted molar refractivity (Wildman–Crippen MR) is 78.5 cm³/mol. The molecular formula is C14H24ClN3. The zero-order valence-corrected chi connectivity index (χ0v) is 12.9. The van der Waals surface area contributed by atoms with Crippen molar-refractivity contribution in [1.29, 1.82) is 0 Å². The lowest BCUT2D eigenvalue weighted by molar-refractivity contribution is 0.484. The van der Waals surface area contributed by atoms with Gasteiger partial charge in [-0.15, -0.1) is 0 Å². The molecule has 0 atom stereocenters. The van der Waals surface area contributed by atoms with Crippen LogP contribution in [0.2, 0.25) is 5.15 Å². The van der Waals surface area contributed by atoms with Crippen LogP contribution in [0.4, 0.5) is 5.82 Å².